The molecule has 1 aliphatic carbocycles. The summed E-state index contributed by atoms with van der Waals surface area (Å²) in [6.45, 7) is 7.37. The highest BCUT2D eigenvalue weighted by atomic mass is 32.2. The van der Waals surface area contributed by atoms with E-state index in [4.69, 9.17) is 0 Å². The van der Waals surface area contributed by atoms with Crippen molar-refractivity contribution < 1.29 is 18.0 Å². The minimum absolute atomic E-state index is 0.165. The van der Waals surface area contributed by atoms with Crippen molar-refractivity contribution in [1.82, 2.24) is 0 Å². The number of hydrogen-bond acceptors (Lipinski definition) is 4. The van der Waals surface area contributed by atoms with Gasteiger partial charge in [-0.25, -0.2) is 8.42 Å². The molecule has 6 nitrogen and oxygen atoms in total. The number of carbonyl (C=O) groups excluding carboxylic acids is 2. The van der Waals surface area contributed by atoms with Crippen LogP contribution in [0.1, 0.15) is 50.9 Å². The first-order valence-electron chi connectivity index (χ1n) is 12.1. The molecule has 0 N–H and O–H groups in total. The summed E-state index contributed by atoms with van der Waals surface area (Å²) in [4.78, 5) is 29.8. The van der Waals surface area contributed by atoms with Gasteiger partial charge in [-0.3, -0.25) is 14.5 Å². The predicted octanol–water partition coefficient (Wildman–Crippen LogP) is 6.00. The molecule has 3 aromatic rings. The van der Waals surface area contributed by atoms with E-state index >= 15 is 0 Å². The molecule has 0 bridgehead atoms. The lowest BCUT2D eigenvalue weighted by atomic mass is 10.0. The van der Waals surface area contributed by atoms with E-state index in [9.17, 15) is 18.0 Å². The van der Waals surface area contributed by atoms with Crippen LogP contribution >= 0.6 is 0 Å². The van der Waals surface area contributed by atoms with E-state index in [1.807, 2.05) is 51.1 Å². The summed E-state index contributed by atoms with van der Waals surface area (Å²) in [5.41, 5.74) is 1.82. The molecule has 0 radical (unpaired) electrons. The van der Waals surface area contributed by atoms with E-state index in [0.29, 0.717) is 16.9 Å². The van der Waals surface area contributed by atoms with Crippen LogP contribution in [0.3, 0.4) is 0 Å². The van der Waals surface area contributed by atoms with Crippen LogP contribution in [-0.2, 0) is 14.6 Å². The summed E-state index contributed by atoms with van der Waals surface area (Å²) in [7, 11) is -3.35. The van der Waals surface area contributed by atoms with Crippen molar-refractivity contribution in [3.8, 4) is 0 Å². The first-order valence-corrected chi connectivity index (χ1v) is 13.8. The smallest absolute Gasteiger partial charge is 0.258 e. The maximum atomic E-state index is 13.7. The predicted molar refractivity (Wildman–Crippen MR) is 143 cm³/mol. The molecular formula is C29H32N2O4S. The quantitative estimate of drug-likeness (QED) is 0.395. The fourth-order valence-corrected chi connectivity index (χ4v) is 6.00. The number of sulfone groups is 1. The van der Waals surface area contributed by atoms with E-state index in [1.54, 1.807) is 53.4 Å². The first kappa shape index (κ1) is 25.6. The molecule has 0 saturated heterocycles. The van der Waals surface area contributed by atoms with Gasteiger partial charge in [-0.1, -0.05) is 24.3 Å². The molecule has 36 heavy (non-hydrogen) atoms. The van der Waals surface area contributed by atoms with Crippen molar-refractivity contribution in [2.24, 2.45) is 5.92 Å². The third kappa shape index (κ3) is 5.68. The van der Waals surface area contributed by atoms with Gasteiger partial charge in [0.2, 0.25) is 5.91 Å². The van der Waals surface area contributed by atoms with Crippen LogP contribution in [0, 0.1) is 5.92 Å². The van der Waals surface area contributed by atoms with Gasteiger partial charge in [0.25, 0.3) is 5.91 Å². The number of nitrogens with zero attached hydrogens (tertiary/aromatic N) is 2. The Bertz CT molecular complexity index is 1360. The molecule has 1 aliphatic rings. The SMILES string of the molecule is CC(=O)N(c1ccc(S(=O)(=O)CC2CC2)cc1)c1cccc(C(=O)N(c2ccccc2)C(C)(C)C)c1. The first-order chi connectivity index (χ1) is 17.0. The molecule has 1 saturated carbocycles. The zero-order chi connectivity index (χ0) is 26.1. The number of amides is 2. The average molecular weight is 505 g/mol. The molecule has 188 valence electrons. The second-order valence-electron chi connectivity index (χ2n) is 10.3. The minimum Gasteiger partial charge on any atom is -0.303 e. The van der Waals surface area contributed by atoms with Gasteiger partial charge in [0.15, 0.2) is 9.84 Å². The fraction of sp³-hybridized carbons (Fsp3) is 0.310. The molecule has 1 fully saturated rings. The van der Waals surface area contributed by atoms with Crippen LogP contribution in [0.15, 0.2) is 83.8 Å². The van der Waals surface area contributed by atoms with Crippen LogP contribution < -0.4 is 9.80 Å². The van der Waals surface area contributed by atoms with Gasteiger partial charge in [-0.05, 0) is 94.1 Å². The van der Waals surface area contributed by atoms with E-state index in [0.717, 1.165) is 18.5 Å². The van der Waals surface area contributed by atoms with Crippen molar-refractivity contribution >= 4 is 38.7 Å². The summed E-state index contributed by atoms with van der Waals surface area (Å²) in [5.74, 6) is -0.00441. The Kier molecular flexibility index (Phi) is 7.05. The molecule has 4 rings (SSSR count). The molecule has 7 heteroatoms. The maximum absolute atomic E-state index is 13.7. The zero-order valence-electron chi connectivity index (χ0n) is 21.1. The topological polar surface area (TPSA) is 74.8 Å². The summed E-state index contributed by atoms with van der Waals surface area (Å²) in [6, 6.07) is 22.8. The monoisotopic (exact) mass is 504 g/mol. The molecule has 0 aromatic heterocycles. The van der Waals surface area contributed by atoms with Gasteiger partial charge in [0, 0.05) is 35.1 Å². The van der Waals surface area contributed by atoms with Crippen LogP contribution in [0.2, 0.25) is 0 Å². The van der Waals surface area contributed by atoms with Crippen LogP contribution in [0.4, 0.5) is 17.1 Å². The summed E-state index contributed by atoms with van der Waals surface area (Å²) in [5, 5.41) is 0. The van der Waals surface area contributed by atoms with Crippen LogP contribution in [-0.4, -0.2) is 31.5 Å². The number of para-hydroxylation sites is 1. The lowest BCUT2D eigenvalue weighted by Crippen LogP contribution is -2.46. The third-order valence-electron chi connectivity index (χ3n) is 6.16. The second-order valence-corrected chi connectivity index (χ2v) is 12.3. The molecule has 0 heterocycles. The third-order valence-corrected chi connectivity index (χ3v) is 8.06. The van der Waals surface area contributed by atoms with Gasteiger partial charge >= 0.3 is 0 Å². The highest BCUT2D eigenvalue weighted by Crippen LogP contribution is 2.34. The second kappa shape index (κ2) is 9.90. The van der Waals surface area contributed by atoms with Crippen molar-refractivity contribution in [2.75, 3.05) is 15.6 Å². The molecule has 0 atom stereocenters. The molecule has 3 aromatic carbocycles. The van der Waals surface area contributed by atoms with Gasteiger partial charge < -0.3 is 4.90 Å². The van der Waals surface area contributed by atoms with Gasteiger partial charge in [-0.2, -0.15) is 0 Å². The summed E-state index contributed by atoms with van der Waals surface area (Å²) in [6.07, 6.45) is 1.92. The van der Waals surface area contributed by atoms with Crippen molar-refractivity contribution in [3.05, 3.63) is 84.4 Å². The number of benzene rings is 3. The highest BCUT2D eigenvalue weighted by molar-refractivity contribution is 7.91. The normalized spacial score (nSPS) is 13.8. The maximum Gasteiger partial charge on any atom is 0.258 e. The summed E-state index contributed by atoms with van der Waals surface area (Å²) < 4.78 is 25.3. The highest BCUT2D eigenvalue weighted by Gasteiger charge is 2.30. The van der Waals surface area contributed by atoms with Crippen LogP contribution in [0.25, 0.3) is 0 Å². The van der Waals surface area contributed by atoms with Gasteiger partial charge in [0.1, 0.15) is 0 Å². The van der Waals surface area contributed by atoms with Crippen molar-refractivity contribution in [1.29, 1.82) is 0 Å². The van der Waals surface area contributed by atoms with E-state index in [1.165, 1.54) is 11.8 Å². The average Bonchev–Trinajstić information content (AvgIpc) is 3.63. The Balaban J connectivity index is 1.66. The van der Waals surface area contributed by atoms with Gasteiger partial charge in [-0.15, -0.1) is 0 Å². The molecular weight excluding hydrogens is 472 g/mol. The number of hydrogen-bond donors (Lipinski definition) is 0. The van der Waals surface area contributed by atoms with Crippen molar-refractivity contribution in [2.45, 2.75) is 51.0 Å². The Hall–Kier alpha value is -3.45. The Labute approximate surface area is 213 Å². The number of carbonyl (C=O) groups is 2. The standard InChI is InChI=1S/C29H32N2O4S/c1-21(32)30(24-15-17-27(18-16-24)36(34,35)20-22-13-14-22)26-12-8-9-23(19-26)28(33)31(29(2,3)4)25-10-6-5-7-11-25/h5-12,15-19,22H,13-14,20H2,1-4H3. The molecule has 0 spiro atoms. The molecule has 0 unspecified atom stereocenters. The van der Waals surface area contributed by atoms with Crippen LogP contribution in [0.5, 0.6) is 0 Å². The van der Waals surface area contributed by atoms with E-state index < -0.39 is 15.4 Å². The Morgan fingerprint density at radius 3 is 2.00 bits per heavy atom. The molecule has 2 amide bonds. The van der Waals surface area contributed by atoms with Crippen molar-refractivity contribution in [3.63, 3.8) is 0 Å². The van der Waals surface area contributed by atoms with E-state index in [-0.39, 0.29) is 28.4 Å². The van der Waals surface area contributed by atoms with Gasteiger partial charge in [0.05, 0.1) is 10.6 Å². The largest absolute Gasteiger partial charge is 0.303 e. The Morgan fingerprint density at radius 1 is 0.833 bits per heavy atom. The number of rotatable bonds is 7. The number of anilines is 3. The summed E-state index contributed by atoms with van der Waals surface area (Å²) >= 11 is 0. The van der Waals surface area contributed by atoms with E-state index in [2.05, 4.69) is 0 Å². The zero-order valence-corrected chi connectivity index (χ0v) is 22.0. The molecule has 0 aliphatic heterocycles. The minimum atomic E-state index is -3.35. The lowest BCUT2D eigenvalue weighted by molar-refractivity contribution is -0.115. The lowest BCUT2D eigenvalue weighted by Gasteiger charge is -2.36. The fourth-order valence-electron chi connectivity index (χ4n) is 4.30. The Morgan fingerprint density at radius 2 is 1.44 bits per heavy atom.